The van der Waals surface area contributed by atoms with Crippen LogP contribution in [0.15, 0.2) is 36.5 Å². The molecule has 1 unspecified atom stereocenters. The number of nitrogens with zero attached hydrogens (tertiary/aromatic N) is 5. The van der Waals surface area contributed by atoms with Gasteiger partial charge in [0.2, 0.25) is 0 Å². The quantitative estimate of drug-likeness (QED) is 0.887. The Bertz CT molecular complexity index is 755. The van der Waals surface area contributed by atoms with Gasteiger partial charge in [0.05, 0.1) is 12.2 Å². The second kappa shape index (κ2) is 8.19. The van der Waals surface area contributed by atoms with Crippen molar-refractivity contribution < 1.29 is 4.79 Å². The second-order valence-electron chi connectivity index (χ2n) is 7.63. The molecule has 4 rings (SSSR count). The molecule has 0 radical (unpaired) electrons. The largest absolute Gasteiger partial charge is 0.332 e. The van der Waals surface area contributed by atoms with Gasteiger partial charge in [0.15, 0.2) is 5.69 Å². The van der Waals surface area contributed by atoms with Gasteiger partial charge in [-0.1, -0.05) is 35.5 Å². The average molecular weight is 368 g/mol. The van der Waals surface area contributed by atoms with Gasteiger partial charge in [-0.05, 0) is 38.4 Å². The fourth-order valence-corrected chi connectivity index (χ4v) is 4.09. The molecule has 3 heterocycles. The van der Waals surface area contributed by atoms with Crippen molar-refractivity contribution in [3.63, 3.8) is 0 Å². The van der Waals surface area contributed by atoms with Crippen molar-refractivity contribution in [1.82, 2.24) is 30.1 Å². The zero-order chi connectivity index (χ0) is 18.6. The van der Waals surface area contributed by atoms with Crippen molar-refractivity contribution >= 4 is 5.91 Å². The lowest BCUT2D eigenvalue weighted by molar-refractivity contribution is 0.0470. The molecule has 1 atom stereocenters. The lowest BCUT2D eigenvalue weighted by atomic mass is 10.1. The molecule has 1 aromatic heterocycles. The summed E-state index contributed by atoms with van der Waals surface area (Å²) in [4.78, 5) is 17.3. The molecule has 7 heteroatoms. The van der Waals surface area contributed by atoms with E-state index in [-0.39, 0.29) is 11.9 Å². The zero-order valence-electron chi connectivity index (χ0n) is 15.9. The molecule has 144 valence electrons. The predicted molar refractivity (Wildman–Crippen MR) is 103 cm³/mol. The Kier molecular flexibility index (Phi) is 5.50. The van der Waals surface area contributed by atoms with Crippen LogP contribution in [0.4, 0.5) is 0 Å². The summed E-state index contributed by atoms with van der Waals surface area (Å²) in [6.07, 6.45) is 3.90. The van der Waals surface area contributed by atoms with E-state index in [1.54, 1.807) is 0 Å². The SMILES string of the molecule is CC1CN(Cc2ccccc2)CCN1C(=O)c1cn(C2CCNCC2)nn1. The molecule has 2 aliphatic heterocycles. The van der Waals surface area contributed by atoms with Crippen LogP contribution in [0, 0.1) is 0 Å². The van der Waals surface area contributed by atoms with E-state index in [0.29, 0.717) is 11.7 Å². The van der Waals surface area contributed by atoms with Gasteiger partial charge in [0.1, 0.15) is 0 Å². The molecule has 27 heavy (non-hydrogen) atoms. The first-order valence-corrected chi connectivity index (χ1v) is 9.90. The number of hydrogen-bond acceptors (Lipinski definition) is 5. The van der Waals surface area contributed by atoms with E-state index in [2.05, 4.69) is 51.7 Å². The number of piperazine rings is 1. The lowest BCUT2D eigenvalue weighted by Crippen LogP contribution is -2.53. The first-order valence-electron chi connectivity index (χ1n) is 9.90. The number of carbonyl (C=O) groups excluding carboxylic acids is 1. The predicted octanol–water partition coefficient (Wildman–Crippen LogP) is 1.55. The number of carbonyl (C=O) groups is 1. The Balaban J connectivity index is 1.36. The number of rotatable bonds is 4. The molecular weight excluding hydrogens is 340 g/mol. The van der Waals surface area contributed by atoms with Gasteiger partial charge in [-0.25, -0.2) is 4.68 Å². The fraction of sp³-hybridized carbons (Fsp3) is 0.550. The Morgan fingerprint density at radius 1 is 1.19 bits per heavy atom. The third-order valence-electron chi connectivity index (χ3n) is 5.63. The van der Waals surface area contributed by atoms with Crippen LogP contribution in [-0.4, -0.2) is 69.5 Å². The number of piperidine rings is 1. The van der Waals surface area contributed by atoms with Crippen LogP contribution in [0.2, 0.25) is 0 Å². The standard InChI is InChI=1S/C20H28N6O/c1-16-13-24(14-17-5-3-2-4-6-17)11-12-25(16)20(27)19-15-26(23-22-19)18-7-9-21-10-8-18/h2-6,15-16,18,21H,7-14H2,1H3. The Hall–Kier alpha value is -2.25. The minimum atomic E-state index is 0.00189. The molecular formula is C20H28N6O. The molecule has 0 bridgehead atoms. The van der Waals surface area contributed by atoms with Gasteiger partial charge in [-0.3, -0.25) is 9.69 Å². The van der Waals surface area contributed by atoms with E-state index in [1.165, 1.54) is 5.56 Å². The molecule has 2 fully saturated rings. The molecule has 2 aliphatic rings. The third kappa shape index (κ3) is 4.20. The van der Waals surface area contributed by atoms with Crippen LogP contribution in [0.5, 0.6) is 0 Å². The normalized spacial score (nSPS) is 22.1. The summed E-state index contributed by atoms with van der Waals surface area (Å²) in [5.74, 6) is 0.00189. The van der Waals surface area contributed by atoms with Crippen molar-refractivity contribution in [3.05, 3.63) is 47.8 Å². The maximum atomic E-state index is 13.0. The molecule has 0 aliphatic carbocycles. The smallest absolute Gasteiger partial charge is 0.276 e. The molecule has 0 spiro atoms. The number of hydrogen-bond donors (Lipinski definition) is 1. The van der Waals surface area contributed by atoms with Gasteiger partial charge >= 0.3 is 0 Å². The molecule has 2 aromatic rings. The van der Waals surface area contributed by atoms with Crippen LogP contribution in [0.25, 0.3) is 0 Å². The van der Waals surface area contributed by atoms with Crippen LogP contribution in [0.1, 0.15) is 41.9 Å². The molecule has 0 saturated carbocycles. The minimum absolute atomic E-state index is 0.00189. The molecule has 7 nitrogen and oxygen atoms in total. The number of aromatic nitrogens is 3. The van der Waals surface area contributed by atoms with Crippen molar-refractivity contribution in [2.75, 3.05) is 32.7 Å². The average Bonchev–Trinajstić information content (AvgIpc) is 3.19. The van der Waals surface area contributed by atoms with E-state index in [4.69, 9.17) is 0 Å². The topological polar surface area (TPSA) is 66.3 Å². The van der Waals surface area contributed by atoms with Crippen molar-refractivity contribution in [2.45, 2.75) is 38.4 Å². The van der Waals surface area contributed by atoms with E-state index in [0.717, 1.165) is 52.1 Å². The number of benzene rings is 1. The number of amides is 1. The Morgan fingerprint density at radius 3 is 2.70 bits per heavy atom. The Labute approximate surface area is 160 Å². The maximum Gasteiger partial charge on any atom is 0.276 e. The lowest BCUT2D eigenvalue weighted by Gasteiger charge is -2.39. The second-order valence-corrected chi connectivity index (χ2v) is 7.63. The van der Waals surface area contributed by atoms with Gasteiger partial charge in [0, 0.05) is 32.2 Å². The summed E-state index contributed by atoms with van der Waals surface area (Å²) in [5.41, 5.74) is 1.78. The minimum Gasteiger partial charge on any atom is -0.332 e. The van der Waals surface area contributed by atoms with E-state index >= 15 is 0 Å². The van der Waals surface area contributed by atoms with Crippen molar-refractivity contribution in [3.8, 4) is 0 Å². The van der Waals surface area contributed by atoms with Crippen LogP contribution in [-0.2, 0) is 6.54 Å². The monoisotopic (exact) mass is 368 g/mol. The van der Waals surface area contributed by atoms with Gasteiger partial charge < -0.3 is 10.2 Å². The van der Waals surface area contributed by atoms with Crippen LogP contribution < -0.4 is 5.32 Å². The van der Waals surface area contributed by atoms with Gasteiger partial charge in [0.25, 0.3) is 5.91 Å². The van der Waals surface area contributed by atoms with E-state index in [1.807, 2.05) is 21.8 Å². The summed E-state index contributed by atoms with van der Waals surface area (Å²) < 4.78 is 1.88. The van der Waals surface area contributed by atoms with E-state index in [9.17, 15) is 4.79 Å². The van der Waals surface area contributed by atoms with E-state index < -0.39 is 0 Å². The molecule has 1 N–H and O–H groups in total. The highest BCUT2D eigenvalue weighted by atomic mass is 16.2. The van der Waals surface area contributed by atoms with Gasteiger partial charge in [-0.2, -0.15) is 0 Å². The first kappa shape index (κ1) is 18.1. The Morgan fingerprint density at radius 2 is 1.96 bits per heavy atom. The summed E-state index contributed by atoms with van der Waals surface area (Å²) in [6, 6.07) is 11.0. The molecule has 2 saturated heterocycles. The summed E-state index contributed by atoms with van der Waals surface area (Å²) in [6.45, 7) is 7.53. The van der Waals surface area contributed by atoms with Gasteiger partial charge in [-0.15, -0.1) is 5.10 Å². The number of nitrogens with one attached hydrogen (secondary N) is 1. The van der Waals surface area contributed by atoms with Crippen LogP contribution >= 0.6 is 0 Å². The highest BCUT2D eigenvalue weighted by Crippen LogP contribution is 2.19. The highest BCUT2D eigenvalue weighted by molar-refractivity contribution is 5.92. The molecule has 1 aromatic carbocycles. The summed E-state index contributed by atoms with van der Waals surface area (Å²) in [7, 11) is 0. The molecule has 1 amide bonds. The fourth-order valence-electron chi connectivity index (χ4n) is 4.09. The van der Waals surface area contributed by atoms with Crippen LogP contribution in [0.3, 0.4) is 0 Å². The maximum absolute atomic E-state index is 13.0. The first-order chi connectivity index (χ1) is 13.2. The summed E-state index contributed by atoms with van der Waals surface area (Å²) in [5, 5.41) is 11.8. The summed E-state index contributed by atoms with van der Waals surface area (Å²) >= 11 is 0. The third-order valence-corrected chi connectivity index (χ3v) is 5.63. The highest BCUT2D eigenvalue weighted by Gasteiger charge is 2.30. The zero-order valence-corrected chi connectivity index (χ0v) is 15.9. The van der Waals surface area contributed by atoms with Crippen molar-refractivity contribution in [2.24, 2.45) is 0 Å². The van der Waals surface area contributed by atoms with Crippen molar-refractivity contribution in [1.29, 1.82) is 0 Å².